The smallest absolute Gasteiger partial charge is 0.323 e. The minimum atomic E-state index is -1.10. The molecular weight excluding hydrogens is 368 g/mol. The highest BCUT2D eigenvalue weighted by atomic mass is 32.2. The molecule has 0 bridgehead atoms. The molecule has 1 N–H and O–H groups in total. The van der Waals surface area contributed by atoms with Gasteiger partial charge >= 0.3 is 5.97 Å². The summed E-state index contributed by atoms with van der Waals surface area (Å²) in [6.07, 6.45) is 3.04. The van der Waals surface area contributed by atoms with Crippen LogP contribution in [0, 0.1) is 5.92 Å². The Kier molecular flexibility index (Phi) is 6.70. The normalized spacial score (nSPS) is 22.7. The molecule has 2 aliphatic rings. The molecule has 2 heterocycles. The summed E-state index contributed by atoms with van der Waals surface area (Å²) in [5.41, 5.74) is 0. The number of carbonyl (C=O) groups is 3. The first-order valence-corrected chi connectivity index (χ1v) is 10.0. The van der Waals surface area contributed by atoms with Crippen molar-refractivity contribution in [3.05, 3.63) is 9.93 Å². The average molecular weight is 389 g/mol. The molecular formula is C15H20N2O4S3. The lowest BCUT2D eigenvalue weighted by atomic mass is 10.0. The Bertz CT molecular complexity index is 606. The highest BCUT2D eigenvalue weighted by Gasteiger charge is 2.40. The summed E-state index contributed by atoms with van der Waals surface area (Å²) in [7, 11) is 0. The SMILES string of the molecule is CCCC(CC)CN1C(=O)/C(=C2\SCC(=O)N2CC(=O)O)SC1=S. The minimum absolute atomic E-state index is 0.153. The predicted octanol–water partition coefficient (Wildman–Crippen LogP) is 2.50. The van der Waals surface area contributed by atoms with Crippen LogP contribution < -0.4 is 0 Å². The van der Waals surface area contributed by atoms with Crippen molar-refractivity contribution in [2.24, 2.45) is 5.92 Å². The quantitative estimate of drug-likeness (QED) is 0.530. The zero-order chi connectivity index (χ0) is 17.9. The molecule has 2 aliphatic heterocycles. The fourth-order valence-electron chi connectivity index (χ4n) is 2.66. The summed E-state index contributed by atoms with van der Waals surface area (Å²) in [5.74, 6) is -1.07. The van der Waals surface area contributed by atoms with Crippen molar-refractivity contribution in [3.8, 4) is 0 Å². The van der Waals surface area contributed by atoms with Crippen molar-refractivity contribution in [1.29, 1.82) is 0 Å². The van der Waals surface area contributed by atoms with Gasteiger partial charge in [0.1, 0.15) is 15.8 Å². The van der Waals surface area contributed by atoms with Gasteiger partial charge in [0, 0.05) is 6.54 Å². The van der Waals surface area contributed by atoms with Gasteiger partial charge in [0.15, 0.2) is 0 Å². The fourth-order valence-corrected chi connectivity index (χ4v) is 5.16. The molecule has 6 nitrogen and oxygen atoms in total. The maximum absolute atomic E-state index is 12.8. The molecule has 0 aromatic carbocycles. The first kappa shape index (κ1) is 19.3. The summed E-state index contributed by atoms with van der Waals surface area (Å²) in [6.45, 7) is 4.35. The van der Waals surface area contributed by atoms with E-state index in [0.29, 0.717) is 26.7 Å². The molecule has 2 saturated heterocycles. The van der Waals surface area contributed by atoms with Crippen molar-refractivity contribution in [2.75, 3.05) is 18.8 Å². The molecule has 0 aromatic rings. The van der Waals surface area contributed by atoms with Gasteiger partial charge in [-0.2, -0.15) is 0 Å². The van der Waals surface area contributed by atoms with Gasteiger partial charge in [-0.25, -0.2) is 0 Å². The van der Waals surface area contributed by atoms with E-state index in [0.717, 1.165) is 31.0 Å². The van der Waals surface area contributed by atoms with Crippen molar-refractivity contribution in [1.82, 2.24) is 9.80 Å². The third-order valence-corrected chi connectivity index (χ3v) is 6.59. The summed E-state index contributed by atoms with van der Waals surface area (Å²) < 4.78 is 0.479. The second-order valence-corrected chi connectivity index (χ2v) is 8.25. The van der Waals surface area contributed by atoms with E-state index in [1.54, 1.807) is 4.90 Å². The van der Waals surface area contributed by atoms with Crippen LogP contribution in [0.15, 0.2) is 9.93 Å². The van der Waals surface area contributed by atoms with Crippen molar-refractivity contribution in [3.63, 3.8) is 0 Å². The van der Waals surface area contributed by atoms with Crippen molar-refractivity contribution < 1.29 is 19.5 Å². The van der Waals surface area contributed by atoms with E-state index in [9.17, 15) is 14.4 Å². The standard InChI is InChI=1S/C15H20N2O4S3/c1-3-5-9(4-2)6-17-13(21)12(24-15(17)22)14-16(7-11(19)20)10(18)8-23-14/h9H,3-8H2,1-2H3,(H,19,20)/b14-12+. The number of amides is 2. The molecule has 132 valence electrons. The molecule has 2 amide bonds. The lowest BCUT2D eigenvalue weighted by Crippen LogP contribution is -2.34. The van der Waals surface area contributed by atoms with Gasteiger partial charge in [-0.3, -0.25) is 24.2 Å². The van der Waals surface area contributed by atoms with Crippen LogP contribution in [0.1, 0.15) is 33.1 Å². The van der Waals surface area contributed by atoms with Crippen LogP contribution in [0.5, 0.6) is 0 Å². The Hall–Kier alpha value is -1.06. The van der Waals surface area contributed by atoms with Gasteiger partial charge in [-0.05, 0) is 12.3 Å². The van der Waals surface area contributed by atoms with E-state index in [1.165, 1.54) is 16.7 Å². The lowest BCUT2D eigenvalue weighted by molar-refractivity contribution is -0.141. The molecule has 0 aliphatic carbocycles. The Labute approximate surface area is 155 Å². The van der Waals surface area contributed by atoms with E-state index in [2.05, 4.69) is 13.8 Å². The van der Waals surface area contributed by atoms with Gasteiger partial charge in [0.05, 0.1) is 10.8 Å². The van der Waals surface area contributed by atoms with Crippen LogP contribution in [-0.4, -0.2) is 55.9 Å². The average Bonchev–Trinajstić information content (AvgIpc) is 3.01. The maximum atomic E-state index is 12.8. The van der Waals surface area contributed by atoms with Crippen molar-refractivity contribution in [2.45, 2.75) is 33.1 Å². The number of carboxylic acids is 1. The van der Waals surface area contributed by atoms with Gasteiger partial charge < -0.3 is 5.11 Å². The topological polar surface area (TPSA) is 77.9 Å². The third kappa shape index (κ3) is 4.12. The van der Waals surface area contributed by atoms with Gasteiger partial charge in [0.25, 0.3) is 5.91 Å². The van der Waals surface area contributed by atoms with Crippen LogP contribution in [0.4, 0.5) is 0 Å². The van der Waals surface area contributed by atoms with Crippen LogP contribution in [0.25, 0.3) is 0 Å². The molecule has 0 radical (unpaired) electrons. The highest BCUT2D eigenvalue weighted by molar-refractivity contribution is 8.27. The van der Waals surface area contributed by atoms with Crippen LogP contribution in [0.2, 0.25) is 0 Å². The number of hydrogen-bond acceptors (Lipinski definition) is 6. The number of carboxylic acid groups (broad SMARTS) is 1. The van der Waals surface area contributed by atoms with Gasteiger partial charge in [0.2, 0.25) is 5.91 Å². The Morgan fingerprint density at radius 2 is 2.04 bits per heavy atom. The summed E-state index contributed by atoms with van der Waals surface area (Å²) in [6, 6.07) is 0. The maximum Gasteiger partial charge on any atom is 0.323 e. The summed E-state index contributed by atoms with van der Waals surface area (Å²) in [4.78, 5) is 38.8. The van der Waals surface area contributed by atoms with Crippen LogP contribution >= 0.6 is 35.7 Å². The fraction of sp³-hybridized carbons (Fsp3) is 0.600. The molecule has 9 heteroatoms. The predicted molar refractivity (Wildman–Crippen MR) is 99.4 cm³/mol. The Balaban J connectivity index is 2.23. The number of hydrogen-bond donors (Lipinski definition) is 1. The van der Waals surface area contributed by atoms with E-state index in [4.69, 9.17) is 17.3 Å². The molecule has 0 spiro atoms. The van der Waals surface area contributed by atoms with E-state index < -0.39 is 12.5 Å². The first-order valence-electron chi connectivity index (χ1n) is 7.81. The van der Waals surface area contributed by atoms with E-state index in [1.807, 2.05) is 0 Å². The molecule has 0 aromatic heterocycles. The number of rotatable bonds is 7. The van der Waals surface area contributed by atoms with E-state index >= 15 is 0 Å². The highest BCUT2D eigenvalue weighted by Crippen LogP contribution is 2.41. The molecule has 24 heavy (non-hydrogen) atoms. The summed E-state index contributed by atoms with van der Waals surface area (Å²) in [5, 5.41) is 9.40. The lowest BCUT2D eigenvalue weighted by Gasteiger charge is -2.21. The minimum Gasteiger partial charge on any atom is -0.480 e. The zero-order valence-electron chi connectivity index (χ0n) is 13.6. The molecule has 2 fully saturated rings. The van der Waals surface area contributed by atoms with Gasteiger partial charge in [-0.15, -0.1) is 0 Å². The monoisotopic (exact) mass is 388 g/mol. The Morgan fingerprint density at radius 1 is 1.33 bits per heavy atom. The molecule has 2 rings (SSSR count). The third-order valence-electron chi connectivity index (χ3n) is 3.93. The number of thioether (sulfide) groups is 2. The number of nitrogens with zero attached hydrogens (tertiary/aromatic N) is 2. The second kappa shape index (κ2) is 8.35. The summed E-state index contributed by atoms with van der Waals surface area (Å²) >= 11 is 7.71. The Morgan fingerprint density at radius 3 is 2.62 bits per heavy atom. The number of aliphatic carboxylic acids is 1. The molecule has 0 saturated carbocycles. The zero-order valence-corrected chi connectivity index (χ0v) is 16.1. The van der Waals surface area contributed by atoms with Crippen LogP contribution in [0.3, 0.4) is 0 Å². The molecule has 1 atom stereocenters. The van der Waals surface area contributed by atoms with Crippen molar-refractivity contribution >= 4 is 57.8 Å². The number of carbonyl (C=O) groups excluding carboxylic acids is 2. The first-order chi connectivity index (χ1) is 11.4. The van der Waals surface area contributed by atoms with Crippen LogP contribution in [-0.2, 0) is 14.4 Å². The van der Waals surface area contributed by atoms with E-state index in [-0.39, 0.29) is 17.6 Å². The van der Waals surface area contributed by atoms with Gasteiger partial charge in [-0.1, -0.05) is 62.4 Å². The number of thiocarbonyl (C=S) groups is 1. The second-order valence-electron chi connectivity index (χ2n) is 5.64. The molecule has 1 unspecified atom stereocenters. The largest absolute Gasteiger partial charge is 0.480 e.